The van der Waals surface area contributed by atoms with Gasteiger partial charge in [0.05, 0.1) is 17.1 Å². The van der Waals surface area contributed by atoms with Crippen LogP contribution < -0.4 is 4.90 Å². The average Bonchev–Trinajstić information content (AvgIpc) is 3.71. The lowest BCUT2D eigenvalue weighted by Crippen LogP contribution is -2.50. The molecule has 0 radical (unpaired) electrons. The average molecular weight is 570 g/mol. The Labute approximate surface area is 236 Å². The summed E-state index contributed by atoms with van der Waals surface area (Å²) in [5, 5.41) is 17.1. The molecule has 6 rings (SSSR count). The highest BCUT2D eigenvalue weighted by molar-refractivity contribution is 6.28. The first-order valence-electron chi connectivity index (χ1n) is 13.7. The first-order chi connectivity index (χ1) is 19.3. The molecule has 1 aromatic carbocycles. The Morgan fingerprint density at radius 2 is 1.90 bits per heavy atom. The van der Waals surface area contributed by atoms with E-state index in [4.69, 9.17) is 25.8 Å². The summed E-state index contributed by atoms with van der Waals surface area (Å²) < 4.78 is 18.9. The second kappa shape index (κ2) is 10.6. The van der Waals surface area contributed by atoms with E-state index in [1.807, 2.05) is 0 Å². The van der Waals surface area contributed by atoms with Crippen LogP contribution in [0.3, 0.4) is 0 Å². The molecule has 4 heterocycles. The number of aliphatic hydroxyl groups is 1. The number of anilines is 1. The molecule has 0 amide bonds. The van der Waals surface area contributed by atoms with Crippen LogP contribution in [-0.4, -0.2) is 74.3 Å². The van der Waals surface area contributed by atoms with Crippen LogP contribution in [0.15, 0.2) is 36.5 Å². The third-order valence-electron chi connectivity index (χ3n) is 8.52. The fraction of sp³-hybridized carbons (Fsp3) is 0.536. The Kier molecular flexibility index (Phi) is 7.14. The van der Waals surface area contributed by atoms with E-state index in [1.54, 1.807) is 43.5 Å². The summed E-state index contributed by atoms with van der Waals surface area (Å²) in [4.78, 5) is 36.0. The number of nitrogens with zero attached hydrogens (tertiary/aromatic N) is 5. The highest BCUT2D eigenvalue weighted by Gasteiger charge is 2.58. The van der Waals surface area contributed by atoms with Crippen LogP contribution in [0.25, 0.3) is 11.0 Å². The van der Waals surface area contributed by atoms with Crippen molar-refractivity contribution in [3.05, 3.63) is 47.4 Å². The minimum Gasteiger partial charge on any atom is -0.459 e. The number of aromatic nitrogens is 4. The summed E-state index contributed by atoms with van der Waals surface area (Å²) in [6.45, 7) is 4.55. The van der Waals surface area contributed by atoms with Crippen LogP contribution in [0.2, 0.25) is 5.28 Å². The maximum Gasteiger partial charge on any atom is 0.338 e. The molecule has 6 atom stereocenters. The van der Waals surface area contributed by atoms with Crippen molar-refractivity contribution in [1.29, 1.82) is 0 Å². The van der Waals surface area contributed by atoms with E-state index in [0.29, 0.717) is 34.3 Å². The fourth-order valence-electron chi connectivity index (χ4n) is 6.45. The lowest BCUT2D eigenvalue weighted by Gasteiger charge is -2.31. The van der Waals surface area contributed by atoms with Crippen LogP contribution in [0.4, 0.5) is 5.82 Å². The fourth-order valence-corrected chi connectivity index (χ4v) is 6.61. The molecule has 0 spiro atoms. The number of benzene rings is 1. The van der Waals surface area contributed by atoms with Crippen molar-refractivity contribution in [2.24, 2.45) is 11.8 Å². The number of carbonyl (C=O) groups is 2. The van der Waals surface area contributed by atoms with Gasteiger partial charge in [-0.1, -0.05) is 31.5 Å². The third-order valence-corrected chi connectivity index (χ3v) is 8.69. The van der Waals surface area contributed by atoms with E-state index in [1.165, 1.54) is 30.9 Å². The van der Waals surface area contributed by atoms with Crippen LogP contribution in [0.5, 0.6) is 0 Å². The standard InChI is InChI=1S/C28H32ClN5O6/c1-3-28(37)21(15-38-26(36)17-8-5-4-6-9-17)40-25(22(28)39-16(2)35)34-24-20(12-30-34)23(31-27(29)32-24)33-13-18-10-7-11-19(18)14-33/h4-6,8-9,12,18-19,21-22,25,37H,3,7,10-11,13-15H2,1-2H3/t18-,19+,21-,22+,25-,28-/m1/s1. The van der Waals surface area contributed by atoms with Gasteiger partial charge in [-0.25, -0.2) is 9.48 Å². The molecule has 212 valence electrons. The van der Waals surface area contributed by atoms with Gasteiger partial charge in [-0.3, -0.25) is 4.79 Å². The van der Waals surface area contributed by atoms with Gasteiger partial charge in [0.25, 0.3) is 0 Å². The number of halogens is 1. The molecule has 3 aliphatic rings. The van der Waals surface area contributed by atoms with Gasteiger partial charge in [0.1, 0.15) is 24.1 Å². The number of ether oxygens (including phenoxy) is 3. The Balaban J connectivity index is 1.32. The van der Waals surface area contributed by atoms with E-state index in [9.17, 15) is 14.7 Å². The summed E-state index contributed by atoms with van der Waals surface area (Å²) in [5.74, 6) is 0.838. The largest absolute Gasteiger partial charge is 0.459 e. The van der Waals surface area contributed by atoms with Gasteiger partial charge in [-0.15, -0.1) is 0 Å². The number of rotatable bonds is 7. The second-order valence-electron chi connectivity index (χ2n) is 10.9. The number of esters is 2. The van der Waals surface area contributed by atoms with E-state index in [-0.39, 0.29) is 18.3 Å². The Hall–Kier alpha value is -3.28. The van der Waals surface area contributed by atoms with Crippen molar-refractivity contribution < 1.29 is 28.9 Å². The van der Waals surface area contributed by atoms with E-state index in [2.05, 4.69) is 20.0 Å². The molecule has 2 saturated heterocycles. The molecule has 1 saturated carbocycles. The quantitative estimate of drug-likeness (QED) is 0.333. The molecule has 40 heavy (non-hydrogen) atoms. The molecule has 3 fully saturated rings. The minimum absolute atomic E-state index is 0.0578. The van der Waals surface area contributed by atoms with Crippen molar-refractivity contribution in [3.63, 3.8) is 0 Å². The Bertz CT molecular complexity index is 1410. The Morgan fingerprint density at radius 1 is 1.18 bits per heavy atom. The van der Waals surface area contributed by atoms with Crippen LogP contribution in [-0.2, 0) is 19.0 Å². The zero-order valence-electron chi connectivity index (χ0n) is 22.4. The van der Waals surface area contributed by atoms with Gasteiger partial charge in [0.15, 0.2) is 18.0 Å². The summed E-state index contributed by atoms with van der Waals surface area (Å²) >= 11 is 6.41. The van der Waals surface area contributed by atoms with E-state index >= 15 is 0 Å². The molecule has 2 aliphatic heterocycles. The molecule has 0 bridgehead atoms. The predicted molar refractivity (Wildman–Crippen MR) is 145 cm³/mol. The van der Waals surface area contributed by atoms with Gasteiger partial charge in [-0.05, 0) is 54.8 Å². The number of fused-ring (bicyclic) bond motifs is 2. The SMILES string of the molecule is CC[C@@]1(O)[C@@H](COC(=O)c2ccccc2)O[C@@H](n2ncc3c(N4C[C@H]5CCC[C@H]5C4)nc(Cl)nc32)[C@@H]1OC(C)=O. The number of hydrogen-bond donors (Lipinski definition) is 1. The number of hydrogen-bond acceptors (Lipinski definition) is 10. The maximum atomic E-state index is 12.6. The van der Waals surface area contributed by atoms with Gasteiger partial charge < -0.3 is 24.2 Å². The predicted octanol–water partition coefficient (Wildman–Crippen LogP) is 3.54. The molecule has 0 unspecified atom stereocenters. The second-order valence-corrected chi connectivity index (χ2v) is 11.2. The van der Waals surface area contributed by atoms with Crippen LogP contribution >= 0.6 is 11.6 Å². The summed E-state index contributed by atoms with van der Waals surface area (Å²) in [6, 6.07) is 8.54. The zero-order chi connectivity index (χ0) is 28.0. The molecule has 3 aromatic rings. The van der Waals surface area contributed by atoms with E-state index in [0.717, 1.165) is 13.1 Å². The molecule has 2 aromatic heterocycles. The van der Waals surface area contributed by atoms with Crippen molar-refractivity contribution in [3.8, 4) is 0 Å². The highest BCUT2D eigenvalue weighted by Crippen LogP contribution is 2.44. The van der Waals surface area contributed by atoms with Crippen LogP contribution in [0.1, 0.15) is 56.1 Å². The third kappa shape index (κ3) is 4.69. The van der Waals surface area contributed by atoms with Gasteiger partial charge in [0.2, 0.25) is 5.28 Å². The van der Waals surface area contributed by atoms with Crippen molar-refractivity contribution in [2.45, 2.75) is 63.6 Å². The van der Waals surface area contributed by atoms with Crippen molar-refractivity contribution >= 4 is 40.4 Å². The summed E-state index contributed by atoms with van der Waals surface area (Å²) in [6.07, 6.45) is 2.30. The van der Waals surface area contributed by atoms with Gasteiger partial charge >= 0.3 is 11.9 Å². The lowest BCUT2D eigenvalue weighted by molar-refractivity contribution is -0.164. The summed E-state index contributed by atoms with van der Waals surface area (Å²) in [5.41, 5.74) is -0.899. The smallest absolute Gasteiger partial charge is 0.338 e. The minimum atomic E-state index is -1.67. The van der Waals surface area contributed by atoms with Gasteiger partial charge in [0, 0.05) is 20.0 Å². The molecule has 1 aliphatic carbocycles. The van der Waals surface area contributed by atoms with Crippen LogP contribution in [0, 0.1) is 11.8 Å². The van der Waals surface area contributed by atoms with Crippen molar-refractivity contribution in [1.82, 2.24) is 19.7 Å². The molecule has 12 heteroatoms. The molecular weight excluding hydrogens is 538 g/mol. The number of carbonyl (C=O) groups excluding carboxylic acids is 2. The first-order valence-corrected chi connectivity index (χ1v) is 14.1. The van der Waals surface area contributed by atoms with E-state index < -0.39 is 36.0 Å². The Morgan fingerprint density at radius 3 is 2.58 bits per heavy atom. The maximum absolute atomic E-state index is 12.6. The lowest BCUT2D eigenvalue weighted by atomic mass is 9.89. The first kappa shape index (κ1) is 26.9. The monoisotopic (exact) mass is 569 g/mol. The summed E-state index contributed by atoms with van der Waals surface area (Å²) in [7, 11) is 0. The normalized spacial score (nSPS) is 29.6. The highest BCUT2D eigenvalue weighted by atomic mass is 35.5. The zero-order valence-corrected chi connectivity index (χ0v) is 23.2. The molecule has 11 nitrogen and oxygen atoms in total. The van der Waals surface area contributed by atoms with Gasteiger partial charge in [-0.2, -0.15) is 15.1 Å². The molecular formula is C28H32ClN5O6. The molecule has 1 N–H and O–H groups in total. The topological polar surface area (TPSA) is 129 Å². The van der Waals surface area contributed by atoms with Crippen molar-refractivity contribution in [2.75, 3.05) is 24.6 Å².